The Kier molecular flexibility index (Phi) is 7.76. The maximum Gasteiger partial charge on any atom is 0.461 e. The molecule has 1 fully saturated rings. The number of carbonyl (C=O) groups excluding carboxylic acids is 1. The molecular weight excluding hydrogens is 464 g/mol. The summed E-state index contributed by atoms with van der Waals surface area (Å²) in [5.74, 6) is -1.09. The lowest BCUT2D eigenvalue weighted by Crippen LogP contribution is -2.55. The van der Waals surface area contributed by atoms with Gasteiger partial charge in [-0.15, -0.1) is 0 Å². The lowest BCUT2D eigenvalue weighted by Gasteiger charge is -2.38. The summed E-state index contributed by atoms with van der Waals surface area (Å²) in [6, 6.07) is 11.7. The van der Waals surface area contributed by atoms with Gasteiger partial charge in [-0.1, -0.05) is 31.2 Å². The quantitative estimate of drug-likeness (QED) is 0.333. The smallest absolute Gasteiger partial charge is 0.428 e. The largest absolute Gasteiger partial charge is 0.461 e. The highest BCUT2D eigenvalue weighted by Crippen LogP contribution is 2.34. The van der Waals surface area contributed by atoms with Gasteiger partial charge in [-0.25, -0.2) is 5.48 Å². The van der Waals surface area contributed by atoms with E-state index >= 15 is 0 Å². The molecule has 0 bridgehead atoms. The summed E-state index contributed by atoms with van der Waals surface area (Å²) in [5.41, 5.74) is 2.92. The number of likely N-dealkylation sites (tertiary alicyclic amines) is 1. The third-order valence-corrected chi connectivity index (χ3v) is 7.75. The average molecular weight is 489 g/mol. The molecule has 0 radical (unpaired) electrons. The highest BCUT2D eigenvalue weighted by atomic mass is 32.2. The average Bonchev–Trinajstić information content (AvgIpc) is 2.83. The zero-order chi connectivity index (χ0) is 24.2. The summed E-state index contributed by atoms with van der Waals surface area (Å²) in [7, 11) is -1.73. The van der Waals surface area contributed by atoms with Gasteiger partial charge in [0, 0.05) is 18.0 Å². The number of hydroxylamine groups is 1. The summed E-state index contributed by atoms with van der Waals surface area (Å²) >= 11 is 0. The Morgan fingerprint density at radius 1 is 1.12 bits per heavy atom. The molecule has 0 saturated carbocycles. The maximum absolute atomic E-state index is 13.4. The number of ether oxygens (including phenoxy) is 1. The Bertz CT molecular complexity index is 979. The van der Waals surface area contributed by atoms with Crippen molar-refractivity contribution in [2.75, 3.05) is 19.6 Å². The Morgan fingerprint density at radius 3 is 2.09 bits per heavy atom. The number of nitrogens with zero attached hydrogens (tertiary/aromatic N) is 1. The molecule has 0 aliphatic carbocycles. The molecule has 1 amide bonds. The van der Waals surface area contributed by atoms with Crippen LogP contribution in [0.25, 0.3) is 11.1 Å². The third kappa shape index (κ3) is 5.36. The van der Waals surface area contributed by atoms with E-state index in [9.17, 15) is 31.8 Å². The van der Waals surface area contributed by atoms with Crippen LogP contribution >= 0.6 is 0 Å². The van der Waals surface area contributed by atoms with E-state index in [-0.39, 0.29) is 0 Å². The lowest BCUT2D eigenvalue weighted by molar-refractivity contribution is -0.253. The van der Waals surface area contributed by atoms with E-state index < -0.39 is 39.7 Å². The number of piperidine rings is 1. The van der Waals surface area contributed by atoms with E-state index in [1.165, 1.54) is 12.1 Å². The predicted octanol–water partition coefficient (Wildman–Crippen LogP) is 4.06. The summed E-state index contributed by atoms with van der Waals surface area (Å²) in [6.07, 6.45) is -7.88. The van der Waals surface area contributed by atoms with E-state index in [4.69, 9.17) is 0 Å². The number of hydrogen-bond donors (Lipinski definition) is 2. The van der Waals surface area contributed by atoms with Crippen LogP contribution in [0.1, 0.15) is 19.8 Å². The summed E-state index contributed by atoms with van der Waals surface area (Å²) < 4.78 is 66.8. The van der Waals surface area contributed by atoms with Gasteiger partial charge in [0.05, 0.1) is 10.8 Å². The first kappa shape index (κ1) is 25.1. The minimum Gasteiger partial charge on any atom is -0.428 e. The van der Waals surface area contributed by atoms with Gasteiger partial charge in [-0.3, -0.25) is 14.2 Å². The predicted molar refractivity (Wildman–Crippen MR) is 114 cm³/mol. The zero-order valence-electron chi connectivity index (χ0n) is 17.8. The van der Waals surface area contributed by atoms with Crippen molar-refractivity contribution in [1.29, 1.82) is 0 Å². The molecule has 6 nitrogen and oxygen atoms in total. The highest BCUT2D eigenvalue weighted by molar-refractivity contribution is 7.87. The molecule has 1 atom stereocenters. The molecular formula is C22H24F4N2O4S. The minimum atomic E-state index is -4.59. The highest BCUT2D eigenvalue weighted by Gasteiger charge is 2.47. The minimum absolute atomic E-state index is 0.326. The van der Waals surface area contributed by atoms with Crippen molar-refractivity contribution in [3.8, 4) is 16.9 Å². The molecule has 1 saturated heterocycles. The van der Waals surface area contributed by atoms with Gasteiger partial charge >= 0.3 is 12.5 Å². The van der Waals surface area contributed by atoms with Crippen molar-refractivity contribution in [3.05, 3.63) is 48.5 Å². The van der Waals surface area contributed by atoms with Crippen LogP contribution in [-0.4, -0.2) is 57.1 Å². The molecule has 0 spiro atoms. The number of halogens is 4. The molecule has 1 heterocycles. The van der Waals surface area contributed by atoms with Crippen LogP contribution in [-0.2, 0) is 15.6 Å². The number of hydrogen-bond acceptors (Lipinski definition) is 5. The van der Waals surface area contributed by atoms with Crippen LogP contribution in [0.5, 0.6) is 5.75 Å². The number of amides is 1. The van der Waals surface area contributed by atoms with Gasteiger partial charge in [0.2, 0.25) is 0 Å². The van der Waals surface area contributed by atoms with Crippen molar-refractivity contribution in [2.45, 2.75) is 41.9 Å². The van der Waals surface area contributed by atoms with E-state index in [1.807, 2.05) is 6.92 Å². The summed E-state index contributed by atoms with van der Waals surface area (Å²) in [5, 5.41) is 9.24. The first-order chi connectivity index (χ1) is 15.6. The molecule has 2 N–H and O–H groups in total. The van der Waals surface area contributed by atoms with Crippen molar-refractivity contribution in [1.82, 2.24) is 10.4 Å². The molecule has 11 heteroatoms. The molecule has 1 aliphatic rings. The van der Waals surface area contributed by atoms with E-state index in [1.54, 1.807) is 29.7 Å². The second-order valence-electron chi connectivity index (χ2n) is 7.65. The van der Waals surface area contributed by atoms with Gasteiger partial charge in [-0.2, -0.15) is 17.6 Å². The lowest BCUT2D eigenvalue weighted by atomic mass is 9.95. The number of rotatable bonds is 8. The molecule has 0 aromatic heterocycles. The van der Waals surface area contributed by atoms with Gasteiger partial charge in [0.25, 0.3) is 5.91 Å². The number of carbonyl (C=O) groups is 1. The van der Waals surface area contributed by atoms with Gasteiger partial charge in [0.1, 0.15) is 10.5 Å². The summed E-state index contributed by atoms with van der Waals surface area (Å²) in [6.45, 7) is 3.96. The van der Waals surface area contributed by atoms with Crippen LogP contribution in [0.4, 0.5) is 17.6 Å². The topological polar surface area (TPSA) is 78.9 Å². The molecule has 2 aromatic rings. The molecule has 3 rings (SSSR count). The Balaban J connectivity index is 1.77. The van der Waals surface area contributed by atoms with E-state index in [2.05, 4.69) is 9.64 Å². The Labute approximate surface area is 191 Å². The standard InChI is InChI=1S/C22H24F4N2O4S/c1-2-28-13-11-21(12-14-28,20(29)27-30)33(31)18-9-5-16(6-10-18)15-3-7-17(8-4-15)32-22(25,26)19(23)24/h3-10,19,30H,2,11-14H2,1H3,(H,27,29). The number of alkyl halides is 4. The van der Waals surface area contributed by atoms with E-state index in [0.717, 1.165) is 18.7 Å². The summed E-state index contributed by atoms with van der Waals surface area (Å²) in [4.78, 5) is 15.0. The van der Waals surface area contributed by atoms with Crippen LogP contribution < -0.4 is 10.2 Å². The molecule has 1 aliphatic heterocycles. The zero-order valence-corrected chi connectivity index (χ0v) is 18.6. The molecule has 33 heavy (non-hydrogen) atoms. The molecule has 180 valence electrons. The first-order valence-electron chi connectivity index (χ1n) is 10.3. The van der Waals surface area contributed by atoms with Gasteiger partial charge in [0.15, 0.2) is 0 Å². The Morgan fingerprint density at radius 2 is 1.64 bits per heavy atom. The fraction of sp³-hybridized carbons (Fsp3) is 0.409. The van der Waals surface area contributed by atoms with E-state index in [0.29, 0.717) is 42.0 Å². The maximum atomic E-state index is 13.4. The second-order valence-corrected chi connectivity index (χ2v) is 9.44. The third-order valence-electron chi connectivity index (χ3n) is 5.75. The Hall–Kier alpha value is -2.50. The van der Waals surface area contributed by atoms with Crippen LogP contribution in [0.3, 0.4) is 0 Å². The second kappa shape index (κ2) is 10.2. The van der Waals surface area contributed by atoms with Crippen molar-refractivity contribution < 1.29 is 36.5 Å². The van der Waals surface area contributed by atoms with Gasteiger partial charge < -0.3 is 9.64 Å². The first-order valence-corrected chi connectivity index (χ1v) is 11.4. The van der Waals surface area contributed by atoms with Crippen LogP contribution in [0.15, 0.2) is 53.4 Å². The number of nitrogens with one attached hydrogen (secondary N) is 1. The SMILES string of the molecule is CCN1CCC(C(=O)NO)(S(=O)c2ccc(-c3ccc(OC(F)(F)C(F)F)cc3)cc2)CC1. The van der Waals surface area contributed by atoms with Crippen LogP contribution in [0.2, 0.25) is 0 Å². The fourth-order valence-corrected chi connectivity index (χ4v) is 5.34. The fourth-order valence-electron chi connectivity index (χ4n) is 3.74. The van der Waals surface area contributed by atoms with Crippen molar-refractivity contribution in [2.24, 2.45) is 0 Å². The number of benzene rings is 2. The van der Waals surface area contributed by atoms with Gasteiger partial charge in [-0.05, 0) is 54.8 Å². The van der Waals surface area contributed by atoms with Crippen LogP contribution in [0, 0.1) is 0 Å². The monoisotopic (exact) mass is 488 g/mol. The normalized spacial score (nSPS) is 17.5. The molecule has 1 unspecified atom stereocenters. The van der Waals surface area contributed by atoms with Crippen molar-refractivity contribution >= 4 is 16.7 Å². The molecule has 2 aromatic carbocycles. The van der Waals surface area contributed by atoms with Crippen molar-refractivity contribution in [3.63, 3.8) is 0 Å².